The maximum atomic E-state index is 13.4. The van der Waals surface area contributed by atoms with Gasteiger partial charge in [0, 0.05) is 18.7 Å². The summed E-state index contributed by atoms with van der Waals surface area (Å²) in [5.74, 6) is -0.708. The number of rotatable bonds is 4. The number of carbonyl (C=O) groups excluding carboxylic acids is 1. The Kier molecular flexibility index (Phi) is 3.79. The summed E-state index contributed by atoms with van der Waals surface area (Å²) in [4.78, 5) is 12.0. The summed E-state index contributed by atoms with van der Waals surface area (Å²) in [6.07, 6.45) is 1.43. The Hall–Kier alpha value is -2.37. The van der Waals surface area contributed by atoms with Crippen LogP contribution in [0.15, 0.2) is 30.5 Å². The van der Waals surface area contributed by atoms with Crippen molar-refractivity contribution in [2.24, 2.45) is 0 Å². The smallest absolute Gasteiger partial charge is 0.271 e. The lowest BCUT2D eigenvalue weighted by atomic mass is 10.2. The normalized spacial score (nSPS) is 10.4. The lowest BCUT2D eigenvalue weighted by molar-refractivity contribution is 0.0941. The molecule has 1 aromatic heterocycles. The van der Waals surface area contributed by atoms with Crippen LogP contribution in [0, 0.1) is 5.82 Å². The van der Waals surface area contributed by atoms with E-state index < -0.39 is 0 Å². The minimum absolute atomic E-state index is 0.111. The van der Waals surface area contributed by atoms with Crippen LogP contribution in [0.3, 0.4) is 0 Å². The number of nitrogens with zero attached hydrogens (tertiary/aromatic N) is 2. The number of benzene rings is 1. The van der Waals surface area contributed by atoms with E-state index in [0.29, 0.717) is 23.5 Å². The van der Waals surface area contributed by atoms with E-state index in [-0.39, 0.29) is 18.3 Å². The molecule has 1 aromatic carbocycles. The first-order chi connectivity index (χ1) is 9.13. The van der Waals surface area contributed by atoms with E-state index in [9.17, 15) is 9.18 Å². The Balaban J connectivity index is 2.10. The number of aromatic nitrogens is 2. The lowest BCUT2D eigenvalue weighted by Crippen LogP contribution is -2.27. The fraction of sp³-hybridized carbons (Fsp3) is 0.231. The van der Waals surface area contributed by atoms with Gasteiger partial charge in [-0.05, 0) is 13.0 Å². The minimum atomic E-state index is -0.361. The molecular weight excluding hydrogens is 247 g/mol. The van der Waals surface area contributed by atoms with Crippen LogP contribution in [0.2, 0.25) is 0 Å². The van der Waals surface area contributed by atoms with E-state index in [2.05, 4.69) is 10.4 Å². The molecule has 3 N–H and O–H groups in total. The van der Waals surface area contributed by atoms with Gasteiger partial charge in [0.15, 0.2) is 0 Å². The number of hydrogen-bond acceptors (Lipinski definition) is 3. The van der Waals surface area contributed by atoms with Crippen LogP contribution >= 0.6 is 0 Å². The number of nitrogens with two attached hydrogens (primary N) is 1. The quantitative estimate of drug-likeness (QED) is 0.878. The summed E-state index contributed by atoms with van der Waals surface area (Å²) >= 11 is 0. The molecule has 0 spiro atoms. The van der Waals surface area contributed by atoms with Crippen LogP contribution in [0.4, 0.5) is 10.1 Å². The third-order valence-corrected chi connectivity index (χ3v) is 2.78. The zero-order chi connectivity index (χ0) is 13.8. The molecule has 0 aliphatic rings. The van der Waals surface area contributed by atoms with Crippen LogP contribution in [-0.2, 0) is 13.1 Å². The molecule has 19 heavy (non-hydrogen) atoms. The second kappa shape index (κ2) is 5.51. The van der Waals surface area contributed by atoms with Gasteiger partial charge in [0.2, 0.25) is 0 Å². The van der Waals surface area contributed by atoms with Crippen molar-refractivity contribution < 1.29 is 9.18 Å². The second-order valence-electron chi connectivity index (χ2n) is 4.04. The van der Waals surface area contributed by atoms with Crippen molar-refractivity contribution in [1.29, 1.82) is 0 Å². The number of hydrogen-bond donors (Lipinski definition) is 2. The summed E-state index contributed by atoms with van der Waals surface area (Å²) in [5.41, 5.74) is 6.74. The van der Waals surface area contributed by atoms with Crippen LogP contribution < -0.4 is 11.1 Å². The van der Waals surface area contributed by atoms with Gasteiger partial charge in [0.05, 0.1) is 11.9 Å². The number of carbonyl (C=O) groups is 1. The topological polar surface area (TPSA) is 72.9 Å². The minimum Gasteiger partial charge on any atom is -0.396 e. The van der Waals surface area contributed by atoms with Gasteiger partial charge < -0.3 is 11.1 Å². The molecule has 2 aromatic rings. The maximum absolute atomic E-state index is 13.4. The largest absolute Gasteiger partial charge is 0.396 e. The summed E-state index contributed by atoms with van der Waals surface area (Å²) < 4.78 is 14.9. The molecule has 0 fully saturated rings. The summed E-state index contributed by atoms with van der Waals surface area (Å²) in [7, 11) is 0. The summed E-state index contributed by atoms with van der Waals surface area (Å²) in [5, 5.41) is 6.62. The Morgan fingerprint density at radius 1 is 1.47 bits per heavy atom. The molecule has 0 aliphatic carbocycles. The van der Waals surface area contributed by atoms with Crippen molar-refractivity contribution in [1.82, 2.24) is 15.1 Å². The van der Waals surface area contributed by atoms with Crippen molar-refractivity contribution >= 4 is 11.6 Å². The Labute approximate surface area is 110 Å². The SMILES string of the molecule is CCn1ncc(N)c1C(=O)NCc1ccccc1F. The van der Waals surface area contributed by atoms with Gasteiger partial charge in [-0.1, -0.05) is 18.2 Å². The molecule has 0 unspecified atom stereocenters. The zero-order valence-corrected chi connectivity index (χ0v) is 10.6. The van der Waals surface area contributed by atoms with Gasteiger partial charge >= 0.3 is 0 Å². The predicted molar refractivity (Wildman–Crippen MR) is 69.9 cm³/mol. The first-order valence-electron chi connectivity index (χ1n) is 5.96. The van der Waals surface area contributed by atoms with Gasteiger partial charge in [-0.15, -0.1) is 0 Å². The number of amides is 1. The third kappa shape index (κ3) is 2.73. The van der Waals surface area contributed by atoms with Crippen molar-refractivity contribution in [3.63, 3.8) is 0 Å². The Morgan fingerprint density at radius 3 is 2.89 bits per heavy atom. The van der Waals surface area contributed by atoms with Crippen LogP contribution in [0.5, 0.6) is 0 Å². The van der Waals surface area contributed by atoms with Gasteiger partial charge in [0.1, 0.15) is 11.5 Å². The van der Waals surface area contributed by atoms with E-state index in [4.69, 9.17) is 5.73 Å². The fourth-order valence-electron chi connectivity index (χ4n) is 1.79. The number of nitrogens with one attached hydrogen (secondary N) is 1. The Bertz CT molecular complexity index is 594. The third-order valence-electron chi connectivity index (χ3n) is 2.78. The van der Waals surface area contributed by atoms with Gasteiger partial charge in [-0.3, -0.25) is 9.48 Å². The molecule has 0 radical (unpaired) electrons. The molecule has 5 nitrogen and oxygen atoms in total. The number of nitrogen functional groups attached to an aromatic ring is 1. The highest BCUT2D eigenvalue weighted by molar-refractivity contribution is 5.97. The first kappa shape index (κ1) is 13.1. The fourth-order valence-corrected chi connectivity index (χ4v) is 1.79. The molecule has 6 heteroatoms. The van der Waals surface area contributed by atoms with Crippen molar-refractivity contribution in [3.05, 3.63) is 47.5 Å². The summed E-state index contributed by atoms with van der Waals surface area (Å²) in [6, 6.07) is 6.29. The van der Waals surface area contributed by atoms with E-state index in [1.54, 1.807) is 18.2 Å². The van der Waals surface area contributed by atoms with E-state index in [1.165, 1.54) is 16.9 Å². The van der Waals surface area contributed by atoms with Gasteiger partial charge in [0.25, 0.3) is 5.91 Å². The molecule has 1 amide bonds. The van der Waals surface area contributed by atoms with Crippen LogP contribution in [-0.4, -0.2) is 15.7 Å². The van der Waals surface area contributed by atoms with Crippen molar-refractivity contribution in [2.45, 2.75) is 20.0 Å². The maximum Gasteiger partial charge on any atom is 0.271 e. The number of anilines is 1. The summed E-state index contributed by atoms with van der Waals surface area (Å²) in [6.45, 7) is 2.51. The molecule has 0 saturated carbocycles. The van der Waals surface area contributed by atoms with Gasteiger partial charge in [-0.25, -0.2) is 4.39 Å². The van der Waals surface area contributed by atoms with Crippen molar-refractivity contribution in [3.8, 4) is 0 Å². The second-order valence-corrected chi connectivity index (χ2v) is 4.04. The number of aryl methyl sites for hydroxylation is 1. The predicted octanol–water partition coefficient (Wildman–Crippen LogP) is 1.55. The average molecular weight is 262 g/mol. The molecule has 0 saturated heterocycles. The Morgan fingerprint density at radius 2 is 2.21 bits per heavy atom. The van der Waals surface area contributed by atoms with Crippen LogP contribution in [0.1, 0.15) is 23.0 Å². The molecule has 1 heterocycles. The highest BCUT2D eigenvalue weighted by Crippen LogP contribution is 2.11. The molecular formula is C13H15FN4O. The molecule has 2 rings (SSSR count). The first-order valence-corrected chi connectivity index (χ1v) is 5.96. The standard InChI is InChI=1S/C13H15FN4O/c1-2-18-12(11(15)8-17-18)13(19)16-7-9-5-3-4-6-10(9)14/h3-6,8H,2,7,15H2,1H3,(H,16,19). The molecule has 100 valence electrons. The highest BCUT2D eigenvalue weighted by atomic mass is 19.1. The van der Waals surface area contributed by atoms with E-state index in [1.807, 2.05) is 6.92 Å². The number of halogens is 1. The highest BCUT2D eigenvalue weighted by Gasteiger charge is 2.16. The molecule has 0 bridgehead atoms. The van der Waals surface area contributed by atoms with Crippen molar-refractivity contribution in [2.75, 3.05) is 5.73 Å². The lowest BCUT2D eigenvalue weighted by Gasteiger charge is -2.08. The van der Waals surface area contributed by atoms with E-state index in [0.717, 1.165) is 0 Å². The van der Waals surface area contributed by atoms with E-state index >= 15 is 0 Å². The monoisotopic (exact) mass is 262 g/mol. The molecule has 0 aliphatic heterocycles. The average Bonchev–Trinajstić information content (AvgIpc) is 2.78. The zero-order valence-electron chi connectivity index (χ0n) is 10.6. The molecule has 0 atom stereocenters. The van der Waals surface area contributed by atoms with Gasteiger partial charge in [-0.2, -0.15) is 5.10 Å². The van der Waals surface area contributed by atoms with Crippen LogP contribution in [0.25, 0.3) is 0 Å².